The first-order chi connectivity index (χ1) is 9.79. The molecule has 0 atom stereocenters. The van der Waals surface area contributed by atoms with Crippen molar-refractivity contribution in [3.63, 3.8) is 0 Å². The summed E-state index contributed by atoms with van der Waals surface area (Å²) in [4.78, 5) is 31.7. The van der Waals surface area contributed by atoms with E-state index in [4.69, 9.17) is 0 Å². The van der Waals surface area contributed by atoms with Crippen LogP contribution in [0.4, 0.5) is 0 Å². The Morgan fingerprint density at radius 1 is 0.700 bits per heavy atom. The number of aromatic nitrogens is 2. The summed E-state index contributed by atoms with van der Waals surface area (Å²) in [6.45, 7) is 8.00. The summed E-state index contributed by atoms with van der Waals surface area (Å²) in [5, 5.41) is 0. The molecule has 0 amide bonds. The van der Waals surface area contributed by atoms with E-state index in [0.29, 0.717) is 22.5 Å². The van der Waals surface area contributed by atoms with E-state index in [0.717, 1.165) is 0 Å². The van der Waals surface area contributed by atoms with Crippen molar-refractivity contribution < 1.29 is 9.59 Å². The van der Waals surface area contributed by atoms with Crippen LogP contribution >= 0.6 is 0 Å². The second-order valence-electron chi connectivity index (χ2n) is 3.46. The zero-order valence-electron chi connectivity index (χ0n) is 12.2. The van der Waals surface area contributed by atoms with E-state index >= 15 is 0 Å². The molecule has 0 radical (unpaired) electrons. The third-order valence-corrected chi connectivity index (χ3v) is 2.54. The predicted molar refractivity (Wildman–Crippen MR) is 78.8 cm³/mol. The molecule has 0 saturated heterocycles. The highest BCUT2D eigenvalue weighted by molar-refractivity contribution is 6.52. The van der Waals surface area contributed by atoms with Crippen LogP contribution in [0.25, 0.3) is 11.4 Å². The van der Waals surface area contributed by atoms with Crippen molar-refractivity contribution in [1.29, 1.82) is 0 Å². The molecular formula is C16H18N2O2. The molecule has 0 saturated carbocycles. The van der Waals surface area contributed by atoms with E-state index in [1.165, 1.54) is 0 Å². The predicted octanol–water partition coefficient (Wildman–Crippen LogP) is 3.58. The van der Waals surface area contributed by atoms with Gasteiger partial charge in [-0.1, -0.05) is 27.7 Å². The fraction of sp³-hybridized carbons (Fsp3) is 0.250. The van der Waals surface area contributed by atoms with Gasteiger partial charge in [-0.3, -0.25) is 19.6 Å². The van der Waals surface area contributed by atoms with E-state index in [9.17, 15) is 9.59 Å². The van der Waals surface area contributed by atoms with Gasteiger partial charge in [0, 0.05) is 12.4 Å². The maximum Gasteiger partial charge on any atom is 0.235 e. The Balaban J connectivity index is 0.000000461. The van der Waals surface area contributed by atoms with Crippen molar-refractivity contribution in [1.82, 2.24) is 9.97 Å². The molecule has 0 N–H and O–H groups in total. The van der Waals surface area contributed by atoms with Crippen LogP contribution in [0.5, 0.6) is 0 Å². The van der Waals surface area contributed by atoms with Crippen molar-refractivity contribution in [3.05, 3.63) is 47.8 Å². The molecule has 104 valence electrons. The first-order valence-corrected chi connectivity index (χ1v) is 6.78. The number of Topliss-reactive ketones (excluding diaryl/α,β-unsaturated/α-hetero) is 2. The minimum absolute atomic E-state index is 0.332. The van der Waals surface area contributed by atoms with Gasteiger partial charge in [0.1, 0.15) is 11.4 Å². The van der Waals surface area contributed by atoms with E-state index < -0.39 is 11.6 Å². The van der Waals surface area contributed by atoms with Crippen molar-refractivity contribution in [2.75, 3.05) is 0 Å². The Morgan fingerprint density at radius 2 is 1.05 bits per heavy atom. The summed E-state index contributed by atoms with van der Waals surface area (Å²) >= 11 is 0. The molecule has 2 aromatic heterocycles. The van der Waals surface area contributed by atoms with E-state index in [2.05, 4.69) is 9.97 Å². The SMILES string of the molecule is CC.CC.O=C1C(=O)c2cccnc2-c2ncccc21. The van der Waals surface area contributed by atoms with Gasteiger partial charge in [0.05, 0.1) is 11.1 Å². The van der Waals surface area contributed by atoms with Crippen LogP contribution in [-0.2, 0) is 0 Å². The van der Waals surface area contributed by atoms with Crippen LogP contribution in [0.1, 0.15) is 48.4 Å². The molecule has 2 heterocycles. The summed E-state index contributed by atoms with van der Waals surface area (Å²) in [6.07, 6.45) is 3.17. The fourth-order valence-electron chi connectivity index (χ4n) is 1.80. The number of ketones is 2. The first kappa shape index (κ1) is 15.7. The van der Waals surface area contributed by atoms with E-state index in [1.54, 1.807) is 36.7 Å². The number of hydrogen-bond acceptors (Lipinski definition) is 4. The molecule has 4 nitrogen and oxygen atoms in total. The van der Waals surface area contributed by atoms with Gasteiger partial charge in [0.2, 0.25) is 11.6 Å². The lowest BCUT2D eigenvalue weighted by Gasteiger charge is -2.14. The Hall–Kier alpha value is -2.36. The molecule has 0 bridgehead atoms. The quantitative estimate of drug-likeness (QED) is 0.686. The summed E-state index contributed by atoms with van der Waals surface area (Å²) in [6, 6.07) is 6.47. The smallest absolute Gasteiger partial charge is 0.235 e. The maximum atomic E-state index is 11.8. The van der Waals surface area contributed by atoms with Crippen molar-refractivity contribution in [3.8, 4) is 11.4 Å². The zero-order valence-corrected chi connectivity index (χ0v) is 12.2. The normalized spacial score (nSPS) is 11.2. The standard InChI is InChI=1S/C12H6N2O2.2C2H6/c15-11-7-3-1-5-13-9(7)10-8(12(11)16)4-2-6-14-10;2*1-2/h1-6H;2*1-2H3. The largest absolute Gasteiger partial charge is 0.285 e. The van der Waals surface area contributed by atoms with E-state index in [-0.39, 0.29) is 0 Å². The molecule has 0 aliphatic heterocycles. The third-order valence-electron chi connectivity index (χ3n) is 2.54. The van der Waals surface area contributed by atoms with Gasteiger partial charge in [-0.25, -0.2) is 0 Å². The van der Waals surface area contributed by atoms with Crippen LogP contribution in [0.2, 0.25) is 0 Å². The minimum Gasteiger partial charge on any atom is -0.285 e. The van der Waals surface area contributed by atoms with Crippen LogP contribution < -0.4 is 0 Å². The number of carbonyl (C=O) groups is 2. The number of rotatable bonds is 0. The summed E-state index contributed by atoms with van der Waals surface area (Å²) in [5.41, 5.74) is 1.64. The van der Waals surface area contributed by atoms with Gasteiger partial charge in [0.25, 0.3) is 0 Å². The highest BCUT2D eigenvalue weighted by atomic mass is 16.2. The Bertz CT molecular complexity index is 566. The van der Waals surface area contributed by atoms with Crippen LogP contribution in [0.3, 0.4) is 0 Å². The van der Waals surface area contributed by atoms with Crippen LogP contribution in [0, 0.1) is 0 Å². The van der Waals surface area contributed by atoms with Crippen molar-refractivity contribution in [2.45, 2.75) is 27.7 Å². The monoisotopic (exact) mass is 270 g/mol. The van der Waals surface area contributed by atoms with Gasteiger partial charge in [-0.05, 0) is 24.3 Å². The van der Waals surface area contributed by atoms with Crippen LogP contribution in [-0.4, -0.2) is 21.5 Å². The summed E-state index contributed by atoms with van der Waals surface area (Å²) in [7, 11) is 0. The highest BCUT2D eigenvalue weighted by Gasteiger charge is 2.31. The number of hydrogen-bond donors (Lipinski definition) is 0. The topological polar surface area (TPSA) is 59.9 Å². The molecule has 1 aliphatic rings. The maximum absolute atomic E-state index is 11.8. The molecule has 0 unspecified atom stereocenters. The van der Waals surface area contributed by atoms with Gasteiger partial charge in [0.15, 0.2) is 0 Å². The number of nitrogens with zero attached hydrogens (tertiary/aromatic N) is 2. The Kier molecular flexibility index (Phi) is 5.72. The van der Waals surface area contributed by atoms with Gasteiger partial charge >= 0.3 is 0 Å². The Labute approximate surface area is 118 Å². The third kappa shape index (κ3) is 2.64. The number of pyridine rings is 2. The molecule has 20 heavy (non-hydrogen) atoms. The lowest BCUT2D eigenvalue weighted by Crippen LogP contribution is -2.22. The zero-order chi connectivity index (χ0) is 15.1. The summed E-state index contributed by atoms with van der Waals surface area (Å²) in [5.74, 6) is -1.02. The second-order valence-corrected chi connectivity index (χ2v) is 3.46. The van der Waals surface area contributed by atoms with Gasteiger partial charge in [-0.2, -0.15) is 0 Å². The molecule has 1 aliphatic carbocycles. The van der Waals surface area contributed by atoms with Crippen molar-refractivity contribution in [2.24, 2.45) is 0 Å². The summed E-state index contributed by atoms with van der Waals surface area (Å²) < 4.78 is 0. The fourth-order valence-corrected chi connectivity index (χ4v) is 1.80. The Morgan fingerprint density at radius 3 is 1.40 bits per heavy atom. The second kappa shape index (κ2) is 7.28. The molecular weight excluding hydrogens is 252 g/mol. The average Bonchev–Trinajstić information content (AvgIpc) is 2.56. The molecule has 4 heteroatoms. The van der Waals surface area contributed by atoms with E-state index in [1.807, 2.05) is 27.7 Å². The molecule has 0 aromatic carbocycles. The molecule has 3 rings (SSSR count). The lowest BCUT2D eigenvalue weighted by atomic mass is 9.91. The lowest BCUT2D eigenvalue weighted by molar-refractivity contribution is 0.0814. The number of carbonyl (C=O) groups excluding carboxylic acids is 2. The molecule has 0 fully saturated rings. The molecule has 2 aromatic rings. The first-order valence-electron chi connectivity index (χ1n) is 6.78. The molecule has 0 spiro atoms. The van der Waals surface area contributed by atoms with Gasteiger partial charge in [-0.15, -0.1) is 0 Å². The average molecular weight is 270 g/mol. The minimum atomic E-state index is -0.511. The van der Waals surface area contributed by atoms with Crippen molar-refractivity contribution >= 4 is 11.6 Å². The number of fused-ring (bicyclic) bond motifs is 3. The van der Waals surface area contributed by atoms with Gasteiger partial charge < -0.3 is 0 Å². The van der Waals surface area contributed by atoms with Crippen LogP contribution in [0.15, 0.2) is 36.7 Å². The highest BCUT2D eigenvalue weighted by Crippen LogP contribution is 2.29.